The summed E-state index contributed by atoms with van der Waals surface area (Å²) in [6.07, 6.45) is 5.49. The Balaban J connectivity index is 1.23. The molecule has 0 radical (unpaired) electrons. The zero-order valence-corrected chi connectivity index (χ0v) is 17.4. The number of imide groups is 1. The topological polar surface area (TPSA) is 73.0 Å². The van der Waals surface area contributed by atoms with Crippen molar-refractivity contribution >= 4 is 17.8 Å². The van der Waals surface area contributed by atoms with Crippen LogP contribution in [-0.2, 0) is 4.79 Å². The molecule has 1 aromatic rings. The quantitative estimate of drug-likeness (QED) is 0.772. The third kappa shape index (κ3) is 3.60. The molecule has 1 atom stereocenters. The van der Waals surface area contributed by atoms with Crippen molar-refractivity contribution in [2.45, 2.75) is 50.1 Å². The number of piperidine rings is 2. The van der Waals surface area contributed by atoms with E-state index in [1.54, 1.807) is 4.90 Å². The Bertz CT molecular complexity index is 830. The number of rotatable bonds is 4. The van der Waals surface area contributed by atoms with Crippen LogP contribution in [0.5, 0.6) is 0 Å². The van der Waals surface area contributed by atoms with Gasteiger partial charge in [0.25, 0.3) is 11.8 Å². The smallest absolute Gasteiger partial charge is 0.325 e. The highest BCUT2D eigenvalue weighted by molar-refractivity contribution is 6.07. The minimum absolute atomic E-state index is 0.0120. The van der Waals surface area contributed by atoms with Gasteiger partial charge in [0.05, 0.1) is 6.04 Å². The number of benzene rings is 1. The minimum atomic E-state index is -0.844. The lowest BCUT2D eigenvalue weighted by Crippen LogP contribution is -2.57. The van der Waals surface area contributed by atoms with Crippen LogP contribution in [0.4, 0.5) is 4.79 Å². The van der Waals surface area contributed by atoms with Crippen LogP contribution in [0.1, 0.15) is 48.9 Å². The van der Waals surface area contributed by atoms with E-state index in [9.17, 15) is 14.4 Å². The highest BCUT2D eigenvalue weighted by Gasteiger charge is 2.54. The van der Waals surface area contributed by atoms with E-state index in [-0.39, 0.29) is 23.9 Å². The summed E-state index contributed by atoms with van der Waals surface area (Å²) >= 11 is 0. The first kappa shape index (κ1) is 19.5. The van der Waals surface area contributed by atoms with Gasteiger partial charge in [-0.3, -0.25) is 14.5 Å². The van der Waals surface area contributed by atoms with Gasteiger partial charge in [0, 0.05) is 31.7 Å². The van der Waals surface area contributed by atoms with Crippen molar-refractivity contribution < 1.29 is 14.4 Å². The standard InChI is InChI=1S/C23H30N4O3/c28-20(18-5-2-1-3-6-18)26-13-10-23(11-14-26)21(29)27(22(30)24-23)19-7-4-12-25(16-19)15-17-8-9-17/h1-3,5-6,17,19H,4,7-16H2,(H,24,30). The Kier molecular flexibility index (Phi) is 5.01. The van der Waals surface area contributed by atoms with Crippen molar-refractivity contribution in [3.05, 3.63) is 35.9 Å². The van der Waals surface area contributed by atoms with Crippen LogP contribution in [-0.4, -0.2) is 76.8 Å². The van der Waals surface area contributed by atoms with Crippen molar-refractivity contribution in [1.29, 1.82) is 0 Å². The summed E-state index contributed by atoms with van der Waals surface area (Å²) in [4.78, 5) is 44.7. The maximum absolute atomic E-state index is 13.4. The molecule has 3 aliphatic heterocycles. The van der Waals surface area contributed by atoms with E-state index in [4.69, 9.17) is 0 Å². The number of urea groups is 1. The molecule has 0 aromatic heterocycles. The van der Waals surface area contributed by atoms with E-state index in [0.29, 0.717) is 31.5 Å². The molecule has 1 saturated carbocycles. The van der Waals surface area contributed by atoms with E-state index >= 15 is 0 Å². The van der Waals surface area contributed by atoms with Crippen LogP contribution in [0, 0.1) is 5.92 Å². The average Bonchev–Trinajstić information content (AvgIpc) is 3.55. The molecule has 1 aliphatic carbocycles. The second-order valence-electron chi connectivity index (χ2n) is 9.34. The third-order valence-corrected chi connectivity index (χ3v) is 7.18. The van der Waals surface area contributed by atoms with Gasteiger partial charge in [0.15, 0.2) is 0 Å². The Morgan fingerprint density at radius 3 is 2.47 bits per heavy atom. The first-order valence-electron chi connectivity index (χ1n) is 11.3. The lowest BCUT2D eigenvalue weighted by molar-refractivity contribution is -0.135. The summed E-state index contributed by atoms with van der Waals surface area (Å²) in [5, 5.41) is 3.01. The minimum Gasteiger partial charge on any atom is -0.338 e. The Morgan fingerprint density at radius 2 is 1.77 bits per heavy atom. The van der Waals surface area contributed by atoms with Gasteiger partial charge >= 0.3 is 6.03 Å². The number of carbonyl (C=O) groups excluding carboxylic acids is 3. The fourth-order valence-corrected chi connectivity index (χ4v) is 5.24. The van der Waals surface area contributed by atoms with E-state index in [1.165, 1.54) is 17.7 Å². The second kappa shape index (κ2) is 7.69. The molecule has 1 unspecified atom stereocenters. The highest BCUT2D eigenvalue weighted by Crippen LogP contribution is 2.34. The summed E-state index contributed by atoms with van der Waals surface area (Å²) < 4.78 is 0. The van der Waals surface area contributed by atoms with Crippen LogP contribution in [0.25, 0.3) is 0 Å². The number of hydrogen-bond donors (Lipinski definition) is 1. The molecule has 1 aromatic carbocycles. The van der Waals surface area contributed by atoms with Crippen molar-refractivity contribution in [3.8, 4) is 0 Å². The van der Waals surface area contributed by atoms with Crippen LogP contribution >= 0.6 is 0 Å². The van der Waals surface area contributed by atoms with Crippen LogP contribution in [0.2, 0.25) is 0 Å². The largest absolute Gasteiger partial charge is 0.338 e. The van der Waals surface area contributed by atoms with E-state index in [0.717, 1.165) is 38.4 Å². The van der Waals surface area contributed by atoms with Crippen LogP contribution in [0.15, 0.2) is 30.3 Å². The molecule has 7 heteroatoms. The molecule has 1 spiro atoms. The van der Waals surface area contributed by atoms with Crippen molar-refractivity contribution in [2.75, 3.05) is 32.7 Å². The van der Waals surface area contributed by atoms with Gasteiger partial charge < -0.3 is 15.1 Å². The van der Waals surface area contributed by atoms with E-state index in [2.05, 4.69) is 10.2 Å². The Labute approximate surface area is 177 Å². The number of likely N-dealkylation sites (tertiary alicyclic amines) is 2. The summed E-state index contributed by atoms with van der Waals surface area (Å²) in [6.45, 7) is 3.92. The lowest BCUT2D eigenvalue weighted by Gasteiger charge is -2.39. The molecule has 0 bridgehead atoms. The van der Waals surface area contributed by atoms with Gasteiger partial charge in [0.2, 0.25) is 0 Å². The summed E-state index contributed by atoms with van der Waals surface area (Å²) in [5.74, 6) is 0.712. The molecule has 4 amide bonds. The van der Waals surface area contributed by atoms with E-state index < -0.39 is 5.54 Å². The molecular weight excluding hydrogens is 380 g/mol. The van der Waals surface area contributed by atoms with Gasteiger partial charge in [-0.2, -0.15) is 0 Å². The lowest BCUT2D eigenvalue weighted by atomic mass is 9.86. The monoisotopic (exact) mass is 410 g/mol. The van der Waals surface area contributed by atoms with Gasteiger partial charge in [-0.05, 0) is 63.1 Å². The molecule has 30 heavy (non-hydrogen) atoms. The van der Waals surface area contributed by atoms with Crippen LogP contribution < -0.4 is 5.32 Å². The fourth-order valence-electron chi connectivity index (χ4n) is 5.24. The van der Waals surface area contributed by atoms with Gasteiger partial charge in [-0.15, -0.1) is 0 Å². The number of nitrogens with zero attached hydrogens (tertiary/aromatic N) is 3. The molecule has 160 valence electrons. The number of hydrogen-bond acceptors (Lipinski definition) is 4. The fraction of sp³-hybridized carbons (Fsp3) is 0.609. The van der Waals surface area contributed by atoms with Gasteiger partial charge in [0.1, 0.15) is 5.54 Å². The summed E-state index contributed by atoms with van der Waals surface area (Å²) in [6, 6.07) is 8.94. The number of carbonyl (C=O) groups is 3. The van der Waals surface area contributed by atoms with Gasteiger partial charge in [-0.1, -0.05) is 18.2 Å². The number of nitrogens with one attached hydrogen (secondary N) is 1. The molecule has 3 heterocycles. The molecule has 4 aliphatic rings. The van der Waals surface area contributed by atoms with Crippen molar-refractivity contribution in [1.82, 2.24) is 20.0 Å². The van der Waals surface area contributed by atoms with Crippen molar-refractivity contribution in [3.63, 3.8) is 0 Å². The highest BCUT2D eigenvalue weighted by atomic mass is 16.2. The molecule has 4 fully saturated rings. The average molecular weight is 411 g/mol. The summed E-state index contributed by atoms with van der Waals surface area (Å²) in [5.41, 5.74) is -0.182. The predicted molar refractivity (Wildman–Crippen MR) is 112 cm³/mol. The molecule has 3 saturated heterocycles. The second-order valence-corrected chi connectivity index (χ2v) is 9.34. The van der Waals surface area contributed by atoms with Gasteiger partial charge in [-0.25, -0.2) is 4.79 Å². The summed E-state index contributed by atoms with van der Waals surface area (Å²) in [7, 11) is 0. The van der Waals surface area contributed by atoms with E-state index in [1.807, 2.05) is 30.3 Å². The zero-order valence-electron chi connectivity index (χ0n) is 17.4. The molecular formula is C23H30N4O3. The van der Waals surface area contributed by atoms with Crippen molar-refractivity contribution in [2.24, 2.45) is 5.92 Å². The molecule has 5 rings (SSSR count). The third-order valence-electron chi connectivity index (χ3n) is 7.18. The first-order valence-corrected chi connectivity index (χ1v) is 11.3. The molecule has 7 nitrogen and oxygen atoms in total. The Morgan fingerprint density at radius 1 is 1.03 bits per heavy atom. The Hall–Kier alpha value is -2.41. The predicted octanol–water partition coefficient (Wildman–Crippen LogP) is 2.09. The number of amides is 4. The SMILES string of the molecule is O=C(c1ccccc1)N1CCC2(CC1)NC(=O)N(C1CCCN(CC3CC3)C1)C2=O. The first-order chi connectivity index (χ1) is 14.6. The zero-order chi connectivity index (χ0) is 20.7. The van der Waals surface area contributed by atoms with Crippen LogP contribution in [0.3, 0.4) is 0 Å². The molecule has 1 N–H and O–H groups in total. The maximum atomic E-state index is 13.4. The maximum Gasteiger partial charge on any atom is 0.325 e. The normalized spacial score (nSPS) is 26.9.